The van der Waals surface area contributed by atoms with E-state index < -0.39 is 0 Å². The second kappa shape index (κ2) is 3.09. The molecular formula is C10H10O3. The van der Waals surface area contributed by atoms with Crippen LogP contribution in [0.1, 0.15) is 24.5 Å². The Kier molecular flexibility index (Phi) is 1.93. The van der Waals surface area contributed by atoms with Crippen molar-refractivity contribution in [2.75, 3.05) is 0 Å². The van der Waals surface area contributed by atoms with Crippen LogP contribution in [0.15, 0.2) is 34.6 Å². The van der Waals surface area contributed by atoms with E-state index in [-0.39, 0.29) is 17.5 Å². The normalized spacial score (nSPS) is 22.9. The van der Waals surface area contributed by atoms with Gasteiger partial charge in [-0.1, -0.05) is 0 Å². The van der Waals surface area contributed by atoms with Gasteiger partial charge in [0.2, 0.25) is 0 Å². The predicted molar refractivity (Wildman–Crippen MR) is 46.4 cm³/mol. The molecule has 0 bridgehead atoms. The van der Waals surface area contributed by atoms with E-state index in [1.165, 1.54) is 6.08 Å². The van der Waals surface area contributed by atoms with Gasteiger partial charge in [-0.25, -0.2) is 0 Å². The number of aliphatic hydroxyl groups excluding tert-OH is 1. The fourth-order valence-corrected chi connectivity index (χ4v) is 1.60. The molecule has 1 aliphatic rings. The smallest absolute Gasteiger partial charge is 0.159 e. The zero-order valence-corrected chi connectivity index (χ0v) is 7.06. The van der Waals surface area contributed by atoms with Crippen LogP contribution < -0.4 is 0 Å². The number of carbonyl (C=O) groups is 1. The van der Waals surface area contributed by atoms with Crippen LogP contribution >= 0.6 is 0 Å². The molecule has 13 heavy (non-hydrogen) atoms. The summed E-state index contributed by atoms with van der Waals surface area (Å²) in [5.41, 5.74) is 0. The Labute approximate surface area is 75.7 Å². The first-order chi connectivity index (χ1) is 6.25. The van der Waals surface area contributed by atoms with Gasteiger partial charge in [0.05, 0.1) is 12.0 Å². The maximum Gasteiger partial charge on any atom is 0.159 e. The van der Waals surface area contributed by atoms with Crippen LogP contribution in [0.25, 0.3) is 0 Å². The second-order valence-electron chi connectivity index (χ2n) is 3.22. The first-order valence-electron chi connectivity index (χ1n) is 4.21. The lowest BCUT2D eigenvalue weighted by molar-refractivity contribution is -0.115. The summed E-state index contributed by atoms with van der Waals surface area (Å²) in [4.78, 5) is 11.1. The van der Waals surface area contributed by atoms with Crippen molar-refractivity contribution in [3.05, 3.63) is 36.0 Å². The molecule has 1 aromatic heterocycles. The van der Waals surface area contributed by atoms with Crippen LogP contribution in [-0.2, 0) is 4.79 Å². The van der Waals surface area contributed by atoms with Gasteiger partial charge >= 0.3 is 0 Å². The Morgan fingerprint density at radius 2 is 2.31 bits per heavy atom. The lowest BCUT2D eigenvalue weighted by Crippen LogP contribution is -2.11. The number of hydrogen-bond acceptors (Lipinski definition) is 3. The molecule has 1 aliphatic carbocycles. The first kappa shape index (κ1) is 8.10. The SMILES string of the molecule is O=C1C=C(O)C[C@@H](c2ccco2)C1. The van der Waals surface area contributed by atoms with Crippen molar-refractivity contribution >= 4 is 5.78 Å². The van der Waals surface area contributed by atoms with E-state index in [1.807, 2.05) is 6.07 Å². The van der Waals surface area contributed by atoms with Gasteiger partial charge in [0, 0.05) is 24.8 Å². The second-order valence-corrected chi connectivity index (χ2v) is 3.22. The Balaban J connectivity index is 2.20. The number of furan rings is 1. The summed E-state index contributed by atoms with van der Waals surface area (Å²) < 4.78 is 5.18. The Morgan fingerprint density at radius 3 is 2.92 bits per heavy atom. The maximum atomic E-state index is 11.1. The van der Waals surface area contributed by atoms with Gasteiger partial charge < -0.3 is 9.52 Å². The number of rotatable bonds is 1. The molecular weight excluding hydrogens is 168 g/mol. The largest absolute Gasteiger partial charge is 0.512 e. The molecule has 0 saturated carbocycles. The minimum absolute atomic E-state index is 0.00694. The van der Waals surface area contributed by atoms with E-state index in [1.54, 1.807) is 12.3 Å². The van der Waals surface area contributed by atoms with Crippen molar-refractivity contribution in [2.45, 2.75) is 18.8 Å². The topological polar surface area (TPSA) is 50.4 Å². The van der Waals surface area contributed by atoms with E-state index in [0.717, 1.165) is 5.76 Å². The van der Waals surface area contributed by atoms with Crippen molar-refractivity contribution in [2.24, 2.45) is 0 Å². The van der Waals surface area contributed by atoms with E-state index in [0.29, 0.717) is 12.8 Å². The molecule has 0 aromatic carbocycles. The lowest BCUT2D eigenvalue weighted by atomic mass is 9.90. The molecule has 0 radical (unpaired) electrons. The highest BCUT2D eigenvalue weighted by molar-refractivity contribution is 5.91. The maximum absolute atomic E-state index is 11.1. The van der Waals surface area contributed by atoms with Crippen molar-refractivity contribution in [3.63, 3.8) is 0 Å². The number of allylic oxidation sites excluding steroid dienone is 2. The van der Waals surface area contributed by atoms with Gasteiger partial charge in [-0.2, -0.15) is 0 Å². The molecule has 1 aromatic rings. The fourth-order valence-electron chi connectivity index (χ4n) is 1.60. The summed E-state index contributed by atoms with van der Waals surface area (Å²) in [7, 11) is 0. The van der Waals surface area contributed by atoms with Crippen molar-refractivity contribution in [1.29, 1.82) is 0 Å². The van der Waals surface area contributed by atoms with E-state index >= 15 is 0 Å². The van der Waals surface area contributed by atoms with Gasteiger partial charge in [0.15, 0.2) is 5.78 Å². The summed E-state index contributed by atoms with van der Waals surface area (Å²) >= 11 is 0. The highest BCUT2D eigenvalue weighted by atomic mass is 16.3. The van der Waals surface area contributed by atoms with Crippen LogP contribution in [0.5, 0.6) is 0 Å². The third-order valence-corrected chi connectivity index (χ3v) is 2.18. The molecule has 0 fully saturated rings. The van der Waals surface area contributed by atoms with E-state index in [4.69, 9.17) is 4.42 Å². The van der Waals surface area contributed by atoms with Crippen LogP contribution in [0.3, 0.4) is 0 Å². The van der Waals surface area contributed by atoms with Gasteiger partial charge in [-0.15, -0.1) is 0 Å². The molecule has 0 unspecified atom stereocenters. The van der Waals surface area contributed by atoms with Crippen LogP contribution in [0.4, 0.5) is 0 Å². The van der Waals surface area contributed by atoms with E-state index in [9.17, 15) is 9.90 Å². The Bertz CT molecular complexity index is 335. The minimum atomic E-state index is -0.0369. The quantitative estimate of drug-likeness (QED) is 0.716. The molecule has 1 N–H and O–H groups in total. The summed E-state index contributed by atoms with van der Waals surface area (Å²) in [6, 6.07) is 3.62. The summed E-state index contributed by atoms with van der Waals surface area (Å²) in [5.74, 6) is 0.892. The molecule has 1 heterocycles. The summed E-state index contributed by atoms with van der Waals surface area (Å²) in [5, 5.41) is 9.25. The summed E-state index contributed by atoms with van der Waals surface area (Å²) in [6.45, 7) is 0. The van der Waals surface area contributed by atoms with Gasteiger partial charge in [0.1, 0.15) is 5.76 Å². The zero-order valence-electron chi connectivity index (χ0n) is 7.06. The molecule has 0 aliphatic heterocycles. The third kappa shape index (κ3) is 1.64. The molecule has 0 amide bonds. The fraction of sp³-hybridized carbons (Fsp3) is 0.300. The first-order valence-corrected chi connectivity index (χ1v) is 4.21. The molecule has 2 rings (SSSR count). The Morgan fingerprint density at radius 1 is 1.46 bits per heavy atom. The molecule has 0 spiro atoms. The predicted octanol–water partition coefficient (Wildman–Crippen LogP) is 2.17. The Hall–Kier alpha value is -1.51. The van der Waals surface area contributed by atoms with Gasteiger partial charge in [-0.05, 0) is 12.1 Å². The molecule has 0 saturated heterocycles. The monoisotopic (exact) mass is 178 g/mol. The number of hydrogen-bond donors (Lipinski definition) is 1. The van der Waals surface area contributed by atoms with Crippen LogP contribution in [-0.4, -0.2) is 10.9 Å². The average molecular weight is 178 g/mol. The van der Waals surface area contributed by atoms with Crippen molar-refractivity contribution in [1.82, 2.24) is 0 Å². The summed E-state index contributed by atoms with van der Waals surface area (Å²) in [6.07, 6.45) is 3.80. The molecule has 3 nitrogen and oxygen atoms in total. The minimum Gasteiger partial charge on any atom is -0.512 e. The molecule has 3 heteroatoms. The number of aliphatic hydroxyl groups is 1. The van der Waals surface area contributed by atoms with Crippen molar-refractivity contribution < 1.29 is 14.3 Å². The molecule has 1 atom stereocenters. The van der Waals surface area contributed by atoms with Gasteiger partial charge in [0.25, 0.3) is 0 Å². The van der Waals surface area contributed by atoms with Gasteiger partial charge in [-0.3, -0.25) is 4.79 Å². The molecule has 68 valence electrons. The van der Waals surface area contributed by atoms with Crippen molar-refractivity contribution in [3.8, 4) is 0 Å². The van der Waals surface area contributed by atoms with E-state index in [2.05, 4.69) is 0 Å². The number of ketones is 1. The number of carbonyl (C=O) groups excluding carboxylic acids is 1. The lowest BCUT2D eigenvalue weighted by Gasteiger charge is -2.16. The average Bonchev–Trinajstić information content (AvgIpc) is 2.53. The zero-order chi connectivity index (χ0) is 9.26. The van der Waals surface area contributed by atoms with Crippen LogP contribution in [0.2, 0.25) is 0 Å². The van der Waals surface area contributed by atoms with Crippen LogP contribution in [0, 0.1) is 0 Å². The third-order valence-electron chi connectivity index (χ3n) is 2.18. The highest BCUT2D eigenvalue weighted by Crippen LogP contribution is 2.30. The highest BCUT2D eigenvalue weighted by Gasteiger charge is 2.23. The standard InChI is InChI=1S/C10H10O3/c11-8-4-7(5-9(12)6-8)10-2-1-3-13-10/h1-3,6-7,11H,4-5H2/t7-/m1/s1.